The normalized spacial score (nSPS) is 10.0. The zero-order chi connectivity index (χ0) is 8.10. The topological polar surface area (TPSA) is 16.6 Å². The maximum absolute atomic E-state index is 5.80. The van der Waals surface area contributed by atoms with Gasteiger partial charge >= 0.3 is 0 Å². The molecule has 11 heavy (non-hydrogen) atoms. The monoisotopic (exact) mass is 169 g/mol. The van der Waals surface area contributed by atoms with E-state index in [1.807, 2.05) is 23.5 Å². The first-order valence-electron chi connectivity index (χ1n) is 3.68. The molecule has 60 valence electrons. The zero-order valence-corrected chi connectivity index (χ0v) is 7.14. The van der Waals surface area contributed by atoms with Crippen LogP contribution >= 0.6 is 11.6 Å². The molecule has 1 aromatic rings. The third-order valence-corrected chi connectivity index (χ3v) is 1.76. The summed E-state index contributed by atoms with van der Waals surface area (Å²) in [6, 6.07) is 7.93. The van der Waals surface area contributed by atoms with E-state index < -0.39 is 0 Å². The minimum Gasteiger partial charge on any atom is -0.479 e. The van der Waals surface area contributed by atoms with Gasteiger partial charge in [-0.2, -0.15) is 7.05 Å². The van der Waals surface area contributed by atoms with E-state index in [-0.39, 0.29) is 0 Å². The van der Waals surface area contributed by atoms with Crippen molar-refractivity contribution in [2.24, 2.45) is 0 Å². The van der Waals surface area contributed by atoms with Crippen molar-refractivity contribution < 1.29 is 5.32 Å². The average molecular weight is 170 g/mol. The summed E-state index contributed by atoms with van der Waals surface area (Å²) in [5, 5.41) is 2.73. The molecule has 1 rings (SSSR count). The molecule has 0 aliphatic rings. The second-order valence-electron chi connectivity index (χ2n) is 2.46. The summed E-state index contributed by atoms with van der Waals surface area (Å²) in [6.07, 6.45) is 1.03. The van der Waals surface area contributed by atoms with Crippen LogP contribution in [0.3, 0.4) is 0 Å². The van der Waals surface area contributed by atoms with E-state index in [2.05, 4.69) is 13.1 Å². The molecule has 0 saturated heterocycles. The fourth-order valence-corrected chi connectivity index (χ4v) is 1.17. The van der Waals surface area contributed by atoms with Crippen LogP contribution in [0.25, 0.3) is 0 Å². The number of hydrogen-bond donors (Lipinski definition) is 1. The molecule has 0 aliphatic heterocycles. The highest BCUT2D eigenvalue weighted by Crippen LogP contribution is 2.10. The van der Waals surface area contributed by atoms with Crippen LogP contribution in [-0.2, 0) is 6.42 Å². The smallest absolute Gasteiger partial charge is 0.0556 e. The highest BCUT2D eigenvalue weighted by molar-refractivity contribution is 6.30. The lowest BCUT2D eigenvalue weighted by molar-refractivity contribution is -0.594. The Morgan fingerprint density at radius 1 is 1.45 bits per heavy atom. The molecule has 0 amide bonds. The van der Waals surface area contributed by atoms with Crippen LogP contribution in [0.15, 0.2) is 24.3 Å². The number of quaternary nitrogens is 1. The van der Waals surface area contributed by atoms with Crippen molar-refractivity contribution in [3.05, 3.63) is 41.9 Å². The van der Waals surface area contributed by atoms with E-state index in [0.29, 0.717) is 0 Å². The van der Waals surface area contributed by atoms with Crippen LogP contribution < -0.4 is 5.32 Å². The molecule has 0 unspecified atom stereocenters. The van der Waals surface area contributed by atoms with E-state index in [0.717, 1.165) is 18.0 Å². The lowest BCUT2D eigenvalue weighted by Crippen LogP contribution is -2.77. The quantitative estimate of drug-likeness (QED) is 0.656. The van der Waals surface area contributed by atoms with Crippen LogP contribution in [0.5, 0.6) is 0 Å². The number of nitrogens with two attached hydrogens (primary N) is 1. The summed E-state index contributed by atoms with van der Waals surface area (Å²) in [5.74, 6) is 0. The summed E-state index contributed by atoms with van der Waals surface area (Å²) in [6.45, 7) is 1.01. The van der Waals surface area contributed by atoms with Crippen LogP contribution in [0.2, 0.25) is 5.02 Å². The molecule has 0 radical (unpaired) electrons. The van der Waals surface area contributed by atoms with Crippen molar-refractivity contribution in [3.63, 3.8) is 0 Å². The summed E-state index contributed by atoms with van der Waals surface area (Å²) in [4.78, 5) is 0. The van der Waals surface area contributed by atoms with Gasteiger partial charge in [-0.3, -0.25) is 0 Å². The minimum atomic E-state index is 0.812. The molecule has 1 nitrogen and oxygen atoms in total. The second-order valence-corrected chi connectivity index (χ2v) is 2.89. The van der Waals surface area contributed by atoms with E-state index >= 15 is 0 Å². The third-order valence-electron chi connectivity index (χ3n) is 1.53. The van der Waals surface area contributed by atoms with Gasteiger partial charge < -0.3 is 5.32 Å². The fraction of sp³-hybridized carbons (Fsp3) is 0.222. The summed E-state index contributed by atoms with van der Waals surface area (Å²) < 4.78 is 0. The summed E-state index contributed by atoms with van der Waals surface area (Å²) in [5.41, 5.74) is 1.28. The van der Waals surface area contributed by atoms with Gasteiger partial charge in [0.15, 0.2) is 0 Å². The highest BCUT2D eigenvalue weighted by Gasteiger charge is 1.92. The van der Waals surface area contributed by atoms with E-state index in [1.165, 1.54) is 5.56 Å². The van der Waals surface area contributed by atoms with Gasteiger partial charge in [0, 0.05) is 11.4 Å². The maximum Gasteiger partial charge on any atom is 0.0556 e. The number of benzene rings is 1. The van der Waals surface area contributed by atoms with Crippen molar-refractivity contribution in [2.45, 2.75) is 6.42 Å². The second kappa shape index (κ2) is 4.37. The number of rotatable bonds is 3. The molecule has 0 atom stereocenters. The lowest BCUT2D eigenvalue weighted by Gasteiger charge is -2.00. The third kappa shape index (κ3) is 2.91. The molecule has 0 heterocycles. The Bertz CT molecular complexity index is 223. The Hall–Kier alpha value is -0.530. The van der Waals surface area contributed by atoms with Crippen molar-refractivity contribution in [1.82, 2.24) is 0 Å². The first-order chi connectivity index (χ1) is 5.33. The summed E-state index contributed by atoms with van der Waals surface area (Å²) in [7, 11) is 3.67. The Morgan fingerprint density at radius 3 is 2.91 bits per heavy atom. The molecule has 1 aromatic carbocycles. The molecular weight excluding hydrogens is 158 g/mol. The van der Waals surface area contributed by atoms with Crippen molar-refractivity contribution >= 4 is 11.6 Å². The van der Waals surface area contributed by atoms with Crippen LogP contribution in [-0.4, -0.2) is 6.54 Å². The first-order valence-corrected chi connectivity index (χ1v) is 4.06. The van der Waals surface area contributed by atoms with Crippen LogP contribution in [0.1, 0.15) is 5.56 Å². The van der Waals surface area contributed by atoms with Crippen molar-refractivity contribution in [1.29, 1.82) is 0 Å². The highest BCUT2D eigenvalue weighted by atomic mass is 35.5. The Morgan fingerprint density at radius 2 is 2.27 bits per heavy atom. The van der Waals surface area contributed by atoms with Gasteiger partial charge in [0.2, 0.25) is 0 Å². The SMILES string of the molecule is [CH2-][NH2+]CCc1cccc(Cl)c1. The fourth-order valence-electron chi connectivity index (χ4n) is 0.961. The zero-order valence-electron chi connectivity index (χ0n) is 6.39. The predicted molar refractivity (Wildman–Crippen MR) is 47.3 cm³/mol. The van der Waals surface area contributed by atoms with Crippen molar-refractivity contribution in [2.75, 3.05) is 6.54 Å². The van der Waals surface area contributed by atoms with E-state index in [9.17, 15) is 0 Å². The Labute approximate surface area is 72.4 Å². The van der Waals surface area contributed by atoms with Gasteiger partial charge in [0.25, 0.3) is 0 Å². The van der Waals surface area contributed by atoms with E-state index in [4.69, 9.17) is 11.6 Å². The van der Waals surface area contributed by atoms with Crippen molar-refractivity contribution in [3.8, 4) is 0 Å². The lowest BCUT2D eigenvalue weighted by atomic mass is 10.1. The van der Waals surface area contributed by atoms with Gasteiger partial charge in [0.1, 0.15) is 0 Å². The molecule has 0 spiro atoms. The number of halogens is 1. The standard InChI is InChI=1S/C9H12ClN/c1-11-6-5-8-3-2-4-9(10)7-8/h2-4,7H,1,5-6,11H2. The molecule has 0 bridgehead atoms. The maximum atomic E-state index is 5.80. The molecule has 2 heteroatoms. The van der Waals surface area contributed by atoms with Gasteiger partial charge in [-0.1, -0.05) is 23.7 Å². The van der Waals surface area contributed by atoms with Gasteiger partial charge in [-0.25, -0.2) is 0 Å². The molecule has 0 saturated carbocycles. The van der Waals surface area contributed by atoms with Crippen LogP contribution in [0.4, 0.5) is 0 Å². The molecule has 0 aliphatic carbocycles. The van der Waals surface area contributed by atoms with E-state index in [1.54, 1.807) is 0 Å². The Kier molecular flexibility index (Phi) is 3.40. The molecule has 0 aromatic heterocycles. The molecule has 0 fully saturated rings. The van der Waals surface area contributed by atoms with Gasteiger partial charge in [-0.05, 0) is 17.7 Å². The first kappa shape index (κ1) is 8.57. The van der Waals surface area contributed by atoms with Gasteiger partial charge in [-0.15, -0.1) is 0 Å². The molecule has 2 N–H and O–H groups in total. The number of hydrogen-bond acceptors (Lipinski definition) is 0. The minimum absolute atomic E-state index is 0.812. The van der Waals surface area contributed by atoms with Crippen LogP contribution in [0, 0.1) is 7.05 Å². The van der Waals surface area contributed by atoms with Gasteiger partial charge in [0.05, 0.1) is 6.54 Å². The largest absolute Gasteiger partial charge is 0.479 e. The summed E-state index contributed by atoms with van der Waals surface area (Å²) >= 11 is 5.80. The molecular formula is C9H12ClN. The average Bonchev–Trinajstić information content (AvgIpc) is 2.01. The predicted octanol–water partition coefficient (Wildman–Crippen LogP) is 1.24. The Balaban J connectivity index is 2.56.